The molecule has 1 aliphatic rings. The average molecular weight is 162 g/mol. The standard InChI is InChI=1S/C10H14N2/c11-5-4-9-7-12-6-8-2-1-3-10(8)9/h6-7H,1-5,11H2. The fourth-order valence-electron chi connectivity index (χ4n) is 1.94. The van der Waals surface area contributed by atoms with Gasteiger partial charge in [0, 0.05) is 12.4 Å². The van der Waals surface area contributed by atoms with E-state index in [1.54, 1.807) is 0 Å². The maximum atomic E-state index is 5.53. The number of rotatable bonds is 2. The molecule has 1 aromatic heterocycles. The monoisotopic (exact) mass is 162 g/mol. The number of aromatic nitrogens is 1. The van der Waals surface area contributed by atoms with Crippen LogP contribution in [0.4, 0.5) is 0 Å². The van der Waals surface area contributed by atoms with Gasteiger partial charge in [-0.05, 0) is 48.9 Å². The lowest BCUT2D eigenvalue weighted by atomic mass is 10.0. The zero-order valence-corrected chi connectivity index (χ0v) is 7.21. The molecular weight excluding hydrogens is 148 g/mol. The molecule has 2 nitrogen and oxygen atoms in total. The molecular formula is C10H14N2. The molecule has 1 heterocycles. The first-order chi connectivity index (χ1) is 5.92. The number of nitrogens with two attached hydrogens (primary N) is 1. The summed E-state index contributed by atoms with van der Waals surface area (Å²) in [6.07, 6.45) is 8.68. The van der Waals surface area contributed by atoms with Crippen molar-refractivity contribution in [1.29, 1.82) is 0 Å². The fraction of sp³-hybridized carbons (Fsp3) is 0.500. The number of nitrogens with zero attached hydrogens (tertiary/aromatic N) is 1. The van der Waals surface area contributed by atoms with Crippen molar-refractivity contribution in [3.05, 3.63) is 29.1 Å². The molecule has 2 rings (SSSR count). The summed E-state index contributed by atoms with van der Waals surface area (Å²) in [5.74, 6) is 0. The lowest BCUT2D eigenvalue weighted by molar-refractivity contribution is 0.895. The van der Waals surface area contributed by atoms with Crippen molar-refractivity contribution in [1.82, 2.24) is 4.98 Å². The van der Waals surface area contributed by atoms with E-state index in [1.165, 1.54) is 36.0 Å². The molecule has 1 aromatic rings. The Balaban J connectivity index is 2.36. The highest BCUT2D eigenvalue weighted by Crippen LogP contribution is 2.23. The SMILES string of the molecule is NCCc1cncc2c1CCC2. The van der Waals surface area contributed by atoms with Gasteiger partial charge in [0.1, 0.15) is 0 Å². The van der Waals surface area contributed by atoms with Gasteiger partial charge in [-0.3, -0.25) is 4.98 Å². The Morgan fingerprint density at radius 3 is 3.08 bits per heavy atom. The van der Waals surface area contributed by atoms with Crippen LogP contribution in [-0.4, -0.2) is 11.5 Å². The second-order valence-electron chi connectivity index (χ2n) is 3.33. The molecule has 0 spiro atoms. The Morgan fingerprint density at radius 1 is 1.33 bits per heavy atom. The van der Waals surface area contributed by atoms with Crippen LogP contribution in [0.3, 0.4) is 0 Å². The summed E-state index contributed by atoms with van der Waals surface area (Å²) in [6, 6.07) is 0. The third-order valence-corrected chi connectivity index (χ3v) is 2.52. The van der Waals surface area contributed by atoms with Crippen molar-refractivity contribution in [3.8, 4) is 0 Å². The third-order valence-electron chi connectivity index (χ3n) is 2.52. The van der Waals surface area contributed by atoms with E-state index < -0.39 is 0 Å². The van der Waals surface area contributed by atoms with E-state index in [4.69, 9.17) is 5.73 Å². The van der Waals surface area contributed by atoms with Crippen LogP contribution in [0.25, 0.3) is 0 Å². The zero-order valence-electron chi connectivity index (χ0n) is 7.21. The first-order valence-electron chi connectivity index (χ1n) is 4.56. The van der Waals surface area contributed by atoms with Crippen LogP contribution >= 0.6 is 0 Å². The van der Waals surface area contributed by atoms with Crippen LogP contribution < -0.4 is 5.73 Å². The Morgan fingerprint density at radius 2 is 2.25 bits per heavy atom. The lowest BCUT2D eigenvalue weighted by Gasteiger charge is -2.05. The van der Waals surface area contributed by atoms with Gasteiger partial charge in [-0.25, -0.2) is 0 Å². The van der Waals surface area contributed by atoms with Gasteiger partial charge in [0.2, 0.25) is 0 Å². The third kappa shape index (κ3) is 1.23. The Bertz CT molecular complexity index is 281. The maximum Gasteiger partial charge on any atom is 0.0303 e. The molecule has 0 radical (unpaired) electrons. The molecule has 0 unspecified atom stereocenters. The van der Waals surface area contributed by atoms with Crippen LogP contribution in [0.15, 0.2) is 12.4 Å². The number of pyridine rings is 1. The van der Waals surface area contributed by atoms with E-state index in [-0.39, 0.29) is 0 Å². The van der Waals surface area contributed by atoms with Gasteiger partial charge in [-0.1, -0.05) is 0 Å². The van der Waals surface area contributed by atoms with Crippen molar-refractivity contribution >= 4 is 0 Å². The summed E-state index contributed by atoms with van der Waals surface area (Å²) in [5, 5.41) is 0. The number of hydrogen-bond donors (Lipinski definition) is 1. The van der Waals surface area contributed by atoms with Gasteiger partial charge in [-0.2, -0.15) is 0 Å². The highest BCUT2D eigenvalue weighted by molar-refractivity contribution is 5.35. The van der Waals surface area contributed by atoms with Crippen LogP contribution in [0.1, 0.15) is 23.1 Å². The second-order valence-corrected chi connectivity index (χ2v) is 3.33. The number of aryl methyl sites for hydroxylation is 1. The minimum Gasteiger partial charge on any atom is -0.330 e. The molecule has 2 N–H and O–H groups in total. The van der Waals surface area contributed by atoms with Crippen molar-refractivity contribution in [2.75, 3.05) is 6.54 Å². The lowest BCUT2D eigenvalue weighted by Crippen LogP contribution is -2.05. The first kappa shape index (κ1) is 7.74. The minimum atomic E-state index is 0.734. The zero-order chi connectivity index (χ0) is 8.39. The van der Waals surface area contributed by atoms with Crippen molar-refractivity contribution in [2.45, 2.75) is 25.7 Å². The summed E-state index contributed by atoms with van der Waals surface area (Å²) in [7, 11) is 0. The Hall–Kier alpha value is -0.890. The predicted molar refractivity (Wildman–Crippen MR) is 49.0 cm³/mol. The van der Waals surface area contributed by atoms with Gasteiger partial charge < -0.3 is 5.73 Å². The summed E-state index contributed by atoms with van der Waals surface area (Å²) in [4.78, 5) is 4.22. The summed E-state index contributed by atoms with van der Waals surface area (Å²) in [5.41, 5.74) is 9.86. The number of fused-ring (bicyclic) bond motifs is 1. The average Bonchev–Trinajstić information content (AvgIpc) is 2.53. The van der Waals surface area contributed by atoms with Gasteiger partial charge in [-0.15, -0.1) is 0 Å². The Labute approximate surface area is 72.8 Å². The van der Waals surface area contributed by atoms with E-state index in [2.05, 4.69) is 4.98 Å². The van der Waals surface area contributed by atoms with Gasteiger partial charge >= 0.3 is 0 Å². The second kappa shape index (κ2) is 3.23. The smallest absolute Gasteiger partial charge is 0.0303 e. The van der Waals surface area contributed by atoms with E-state index in [1.807, 2.05) is 12.4 Å². The van der Waals surface area contributed by atoms with E-state index in [9.17, 15) is 0 Å². The summed E-state index contributed by atoms with van der Waals surface area (Å²) >= 11 is 0. The predicted octanol–water partition coefficient (Wildman–Crippen LogP) is 1.07. The van der Waals surface area contributed by atoms with Crippen molar-refractivity contribution in [2.24, 2.45) is 5.73 Å². The molecule has 0 amide bonds. The van der Waals surface area contributed by atoms with Crippen LogP contribution in [0.5, 0.6) is 0 Å². The molecule has 1 aliphatic carbocycles. The van der Waals surface area contributed by atoms with Gasteiger partial charge in [0.25, 0.3) is 0 Å². The molecule has 0 atom stereocenters. The molecule has 0 aromatic carbocycles. The molecule has 2 heteroatoms. The molecule has 64 valence electrons. The van der Waals surface area contributed by atoms with Crippen LogP contribution in [0.2, 0.25) is 0 Å². The quantitative estimate of drug-likeness (QED) is 0.706. The minimum absolute atomic E-state index is 0.734. The van der Waals surface area contributed by atoms with E-state index in [0.717, 1.165) is 13.0 Å². The molecule has 12 heavy (non-hydrogen) atoms. The highest BCUT2D eigenvalue weighted by Gasteiger charge is 2.13. The fourth-order valence-corrected chi connectivity index (χ4v) is 1.94. The van der Waals surface area contributed by atoms with E-state index >= 15 is 0 Å². The molecule has 0 bridgehead atoms. The maximum absolute atomic E-state index is 5.53. The van der Waals surface area contributed by atoms with Crippen LogP contribution in [-0.2, 0) is 19.3 Å². The summed E-state index contributed by atoms with van der Waals surface area (Å²) in [6.45, 7) is 0.734. The molecule has 0 aliphatic heterocycles. The first-order valence-corrected chi connectivity index (χ1v) is 4.56. The molecule has 0 fully saturated rings. The largest absolute Gasteiger partial charge is 0.330 e. The Kier molecular flexibility index (Phi) is 2.09. The van der Waals surface area contributed by atoms with Gasteiger partial charge in [0.05, 0.1) is 0 Å². The topological polar surface area (TPSA) is 38.9 Å². The van der Waals surface area contributed by atoms with Gasteiger partial charge in [0.15, 0.2) is 0 Å². The highest BCUT2D eigenvalue weighted by atomic mass is 14.6. The van der Waals surface area contributed by atoms with E-state index in [0.29, 0.717) is 0 Å². The van der Waals surface area contributed by atoms with Crippen molar-refractivity contribution in [3.63, 3.8) is 0 Å². The number of hydrogen-bond acceptors (Lipinski definition) is 2. The van der Waals surface area contributed by atoms with Crippen molar-refractivity contribution < 1.29 is 0 Å². The molecule has 0 saturated carbocycles. The van der Waals surface area contributed by atoms with Crippen LogP contribution in [0, 0.1) is 0 Å². The summed E-state index contributed by atoms with van der Waals surface area (Å²) < 4.78 is 0. The normalized spacial score (nSPS) is 14.8. The molecule has 0 saturated heterocycles.